The van der Waals surface area contributed by atoms with Gasteiger partial charge in [-0.2, -0.15) is 0 Å². The highest BCUT2D eigenvalue weighted by Gasteiger charge is 2.03. The Labute approximate surface area is 98.1 Å². The van der Waals surface area contributed by atoms with Crippen molar-refractivity contribution in [2.75, 3.05) is 5.73 Å². The van der Waals surface area contributed by atoms with Gasteiger partial charge in [0.15, 0.2) is 0 Å². The lowest BCUT2D eigenvalue weighted by atomic mass is 10.2. The minimum Gasteiger partial charge on any atom is -0.394 e. The van der Waals surface area contributed by atoms with Crippen molar-refractivity contribution in [2.45, 2.75) is 6.92 Å². The van der Waals surface area contributed by atoms with Crippen LogP contribution in [0.3, 0.4) is 0 Å². The summed E-state index contributed by atoms with van der Waals surface area (Å²) in [6.07, 6.45) is 1.61. The highest BCUT2D eigenvalue weighted by Crippen LogP contribution is 2.16. The zero-order valence-corrected chi connectivity index (χ0v) is 9.53. The SMILES string of the molecule is Cc1cc(=O)c(N)cn1-c1cccc(Cl)c1. The van der Waals surface area contributed by atoms with Crippen molar-refractivity contribution >= 4 is 17.3 Å². The molecule has 0 bridgehead atoms. The average Bonchev–Trinajstić information content (AvgIpc) is 2.23. The number of pyridine rings is 1. The van der Waals surface area contributed by atoms with Crippen molar-refractivity contribution in [1.29, 1.82) is 0 Å². The molecule has 0 saturated carbocycles. The number of nitrogens with zero attached hydrogens (tertiary/aromatic N) is 1. The molecular weight excluding hydrogens is 224 g/mol. The van der Waals surface area contributed by atoms with Gasteiger partial charge in [0, 0.05) is 28.7 Å². The fraction of sp³-hybridized carbons (Fsp3) is 0.0833. The van der Waals surface area contributed by atoms with Gasteiger partial charge in [0.1, 0.15) is 0 Å². The van der Waals surface area contributed by atoms with Crippen LogP contribution in [0.5, 0.6) is 0 Å². The second kappa shape index (κ2) is 4.02. The molecule has 3 nitrogen and oxygen atoms in total. The van der Waals surface area contributed by atoms with Crippen LogP contribution in [0.15, 0.2) is 41.3 Å². The van der Waals surface area contributed by atoms with Crippen LogP contribution >= 0.6 is 11.6 Å². The lowest BCUT2D eigenvalue weighted by Crippen LogP contribution is -2.12. The lowest BCUT2D eigenvalue weighted by molar-refractivity contribution is 0.977. The molecule has 0 amide bonds. The molecule has 0 unspecified atom stereocenters. The molecule has 0 radical (unpaired) electrons. The van der Waals surface area contributed by atoms with Crippen molar-refractivity contribution in [3.05, 3.63) is 57.5 Å². The molecule has 16 heavy (non-hydrogen) atoms. The highest BCUT2D eigenvalue weighted by atomic mass is 35.5. The minimum atomic E-state index is -0.157. The predicted octanol–water partition coefficient (Wildman–Crippen LogP) is 2.38. The zero-order valence-electron chi connectivity index (χ0n) is 8.77. The summed E-state index contributed by atoms with van der Waals surface area (Å²) in [5.41, 5.74) is 7.38. The Balaban J connectivity index is 2.65. The number of benzene rings is 1. The molecule has 0 spiro atoms. The molecule has 2 N–H and O–H groups in total. The summed E-state index contributed by atoms with van der Waals surface area (Å²) in [6, 6.07) is 8.88. The van der Waals surface area contributed by atoms with Gasteiger partial charge in [-0.25, -0.2) is 0 Å². The Morgan fingerprint density at radius 2 is 2.06 bits per heavy atom. The first kappa shape index (κ1) is 10.8. The highest BCUT2D eigenvalue weighted by molar-refractivity contribution is 6.30. The normalized spacial score (nSPS) is 10.4. The quantitative estimate of drug-likeness (QED) is 0.824. The molecule has 0 aliphatic heterocycles. The number of rotatable bonds is 1. The van der Waals surface area contributed by atoms with E-state index in [0.29, 0.717) is 5.02 Å². The summed E-state index contributed by atoms with van der Waals surface area (Å²) in [5.74, 6) is 0. The molecule has 0 aliphatic carbocycles. The third-order valence-electron chi connectivity index (χ3n) is 2.36. The number of halogens is 1. The fourth-order valence-electron chi connectivity index (χ4n) is 1.55. The molecule has 1 heterocycles. The van der Waals surface area contributed by atoms with Crippen LogP contribution in [-0.4, -0.2) is 4.57 Å². The van der Waals surface area contributed by atoms with E-state index in [1.165, 1.54) is 6.07 Å². The standard InChI is InChI=1S/C12H11ClN2O/c1-8-5-12(16)11(14)7-15(8)10-4-2-3-9(13)6-10/h2-7H,14H2,1H3. The number of hydrogen-bond acceptors (Lipinski definition) is 2. The fourth-order valence-corrected chi connectivity index (χ4v) is 1.74. The van der Waals surface area contributed by atoms with Gasteiger partial charge in [-0.15, -0.1) is 0 Å². The van der Waals surface area contributed by atoms with Gasteiger partial charge in [0.2, 0.25) is 5.43 Å². The number of nitrogen functional groups attached to an aromatic ring is 1. The molecular formula is C12H11ClN2O. The van der Waals surface area contributed by atoms with Gasteiger partial charge in [-0.3, -0.25) is 4.79 Å². The van der Waals surface area contributed by atoms with E-state index in [1.54, 1.807) is 12.3 Å². The molecule has 0 saturated heterocycles. The van der Waals surface area contributed by atoms with Gasteiger partial charge >= 0.3 is 0 Å². The van der Waals surface area contributed by atoms with Crippen molar-refractivity contribution < 1.29 is 0 Å². The maximum absolute atomic E-state index is 11.3. The number of nitrogens with two attached hydrogens (primary N) is 1. The summed E-state index contributed by atoms with van der Waals surface area (Å²) in [4.78, 5) is 11.3. The third-order valence-corrected chi connectivity index (χ3v) is 2.59. The molecule has 1 aromatic carbocycles. The van der Waals surface area contributed by atoms with Crippen molar-refractivity contribution in [1.82, 2.24) is 4.57 Å². The molecule has 4 heteroatoms. The Bertz CT molecular complexity index is 590. The summed E-state index contributed by atoms with van der Waals surface area (Å²) in [6.45, 7) is 1.85. The van der Waals surface area contributed by atoms with E-state index in [-0.39, 0.29) is 11.1 Å². The molecule has 1 aromatic heterocycles. The van der Waals surface area contributed by atoms with E-state index in [0.717, 1.165) is 11.4 Å². The summed E-state index contributed by atoms with van der Waals surface area (Å²) >= 11 is 5.91. The second-order valence-corrected chi connectivity index (χ2v) is 4.02. The Kier molecular flexibility index (Phi) is 2.71. The molecule has 0 atom stereocenters. The van der Waals surface area contributed by atoms with E-state index < -0.39 is 0 Å². The molecule has 0 aliphatic rings. The molecule has 0 fully saturated rings. The number of aryl methyl sites for hydroxylation is 1. The van der Waals surface area contributed by atoms with E-state index in [2.05, 4.69) is 0 Å². The van der Waals surface area contributed by atoms with Crippen LogP contribution in [0, 0.1) is 6.92 Å². The maximum atomic E-state index is 11.3. The monoisotopic (exact) mass is 234 g/mol. The Hall–Kier alpha value is -1.74. The van der Waals surface area contributed by atoms with E-state index in [1.807, 2.05) is 29.7 Å². The van der Waals surface area contributed by atoms with Crippen LogP contribution in [0.4, 0.5) is 5.69 Å². The Morgan fingerprint density at radius 3 is 2.75 bits per heavy atom. The first-order valence-corrected chi connectivity index (χ1v) is 5.20. The summed E-state index contributed by atoms with van der Waals surface area (Å²) in [5, 5.41) is 0.647. The van der Waals surface area contributed by atoms with Gasteiger partial charge in [0.05, 0.1) is 5.69 Å². The van der Waals surface area contributed by atoms with Gasteiger partial charge in [-0.1, -0.05) is 17.7 Å². The van der Waals surface area contributed by atoms with Crippen LogP contribution in [0.1, 0.15) is 5.69 Å². The Morgan fingerprint density at radius 1 is 1.31 bits per heavy atom. The molecule has 2 rings (SSSR count). The second-order valence-electron chi connectivity index (χ2n) is 3.58. The third kappa shape index (κ3) is 1.95. The topological polar surface area (TPSA) is 48.0 Å². The van der Waals surface area contributed by atoms with E-state index >= 15 is 0 Å². The first-order chi connectivity index (χ1) is 7.58. The van der Waals surface area contributed by atoms with Crippen LogP contribution in [0.25, 0.3) is 5.69 Å². The van der Waals surface area contributed by atoms with Crippen LogP contribution < -0.4 is 11.2 Å². The first-order valence-electron chi connectivity index (χ1n) is 4.82. The maximum Gasteiger partial charge on any atom is 0.204 e. The van der Waals surface area contributed by atoms with Gasteiger partial charge < -0.3 is 10.3 Å². The van der Waals surface area contributed by atoms with Gasteiger partial charge in [-0.05, 0) is 25.1 Å². The van der Waals surface area contributed by atoms with Crippen molar-refractivity contribution in [3.63, 3.8) is 0 Å². The van der Waals surface area contributed by atoms with Crippen molar-refractivity contribution in [3.8, 4) is 5.69 Å². The lowest BCUT2D eigenvalue weighted by Gasteiger charge is -2.11. The summed E-state index contributed by atoms with van der Waals surface area (Å²) in [7, 11) is 0. The number of aromatic nitrogens is 1. The zero-order chi connectivity index (χ0) is 11.7. The molecule has 82 valence electrons. The van der Waals surface area contributed by atoms with Crippen molar-refractivity contribution in [2.24, 2.45) is 0 Å². The number of anilines is 1. The van der Waals surface area contributed by atoms with E-state index in [4.69, 9.17) is 17.3 Å². The van der Waals surface area contributed by atoms with Crippen LogP contribution in [-0.2, 0) is 0 Å². The molecule has 2 aromatic rings. The predicted molar refractivity (Wildman–Crippen MR) is 66.2 cm³/mol. The largest absolute Gasteiger partial charge is 0.394 e. The van der Waals surface area contributed by atoms with Gasteiger partial charge in [0.25, 0.3) is 0 Å². The van der Waals surface area contributed by atoms with Crippen LogP contribution in [0.2, 0.25) is 5.02 Å². The number of hydrogen-bond donors (Lipinski definition) is 1. The summed E-state index contributed by atoms with van der Waals surface area (Å²) < 4.78 is 1.84. The minimum absolute atomic E-state index is 0.157. The average molecular weight is 235 g/mol. The smallest absolute Gasteiger partial charge is 0.204 e. The van der Waals surface area contributed by atoms with E-state index in [9.17, 15) is 4.79 Å².